The van der Waals surface area contributed by atoms with Gasteiger partial charge in [-0.05, 0) is 25.8 Å². The molecule has 2 atom stereocenters. The Morgan fingerprint density at radius 1 is 1.25 bits per heavy atom. The van der Waals surface area contributed by atoms with E-state index in [0.29, 0.717) is 38.3 Å². The van der Waals surface area contributed by atoms with E-state index in [2.05, 4.69) is 31.6 Å². The van der Waals surface area contributed by atoms with Crippen molar-refractivity contribution in [2.75, 3.05) is 13.1 Å². The van der Waals surface area contributed by atoms with Crippen LogP contribution >= 0.6 is 0 Å². The zero-order valence-corrected chi connectivity index (χ0v) is 16.2. The zero-order chi connectivity index (χ0) is 19.9. The van der Waals surface area contributed by atoms with Crippen LogP contribution in [0.25, 0.3) is 0 Å². The summed E-state index contributed by atoms with van der Waals surface area (Å²) < 4.78 is 1.76. The summed E-state index contributed by atoms with van der Waals surface area (Å²) in [5.41, 5.74) is 2.88. The highest BCUT2D eigenvalue weighted by molar-refractivity contribution is 5.82. The number of hydrogen-bond acceptors (Lipinski definition) is 5. The average Bonchev–Trinajstić information content (AvgIpc) is 3.34. The first-order valence-corrected chi connectivity index (χ1v) is 9.54. The minimum atomic E-state index is -0.255. The molecule has 0 radical (unpaired) electrons. The third-order valence-electron chi connectivity index (χ3n) is 4.67. The maximum Gasteiger partial charge on any atom is 0.315 e. The molecular weight excluding hydrogens is 358 g/mol. The van der Waals surface area contributed by atoms with Gasteiger partial charge in [0.1, 0.15) is 5.69 Å². The van der Waals surface area contributed by atoms with Gasteiger partial charge in [-0.2, -0.15) is 0 Å². The zero-order valence-electron chi connectivity index (χ0n) is 16.2. The van der Waals surface area contributed by atoms with Gasteiger partial charge in [0.15, 0.2) is 0 Å². The van der Waals surface area contributed by atoms with Crippen molar-refractivity contribution in [1.29, 1.82) is 0 Å². The van der Waals surface area contributed by atoms with Crippen LogP contribution in [0.2, 0.25) is 0 Å². The number of carbonyl (C=O) groups excluding carboxylic acids is 2. The molecule has 1 fully saturated rings. The standard InChI is InChI=1S/C19H27N7O2/c1-3-20-18(27)17-8-16(11-21-17)26-12-15(24-25-26)10-23-19(28)22-9-14-6-4-5-13(2)7-14/h4-7,12,16-17,21H,3,8-11H2,1-2H3,(H,20,27)(H2,22,23,28)/t16-,17+/m1/s1. The van der Waals surface area contributed by atoms with Crippen LogP contribution in [0.4, 0.5) is 4.79 Å². The van der Waals surface area contributed by atoms with Crippen LogP contribution in [0.5, 0.6) is 0 Å². The van der Waals surface area contributed by atoms with Gasteiger partial charge in [0.05, 0.1) is 24.8 Å². The predicted molar refractivity (Wildman–Crippen MR) is 104 cm³/mol. The number of nitrogens with zero attached hydrogens (tertiary/aromatic N) is 3. The number of aryl methyl sites for hydroxylation is 1. The van der Waals surface area contributed by atoms with Crippen LogP contribution in [0.3, 0.4) is 0 Å². The summed E-state index contributed by atoms with van der Waals surface area (Å²) in [6, 6.07) is 7.61. The Hall–Kier alpha value is -2.94. The first kappa shape index (κ1) is 19.8. The minimum absolute atomic E-state index is 0.0114. The Kier molecular flexibility index (Phi) is 6.59. The van der Waals surface area contributed by atoms with E-state index in [1.54, 1.807) is 4.68 Å². The summed E-state index contributed by atoms with van der Waals surface area (Å²) >= 11 is 0. The molecule has 1 aromatic carbocycles. The van der Waals surface area contributed by atoms with Crippen molar-refractivity contribution in [2.24, 2.45) is 0 Å². The third kappa shape index (κ3) is 5.29. The average molecular weight is 385 g/mol. The van der Waals surface area contributed by atoms with Crippen molar-refractivity contribution in [1.82, 2.24) is 36.3 Å². The summed E-state index contributed by atoms with van der Waals surface area (Å²) in [6.45, 7) is 5.96. The van der Waals surface area contributed by atoms with Crippen LogP contribution < -0.4 is 21.3 Å². The molecule has 28 heavy (non-hydrogen) atoms. The number of aromatic nitrogens is 3. The molecule has 1 aliphatic rings. The predicted octanol–water partition coefficient (Wildman–Crippen LogP) is 0.625. The Morgan fingerprint density at radius 2 is 2.07 bits per heavy atom. The van der Waals surface area contributed by atoms with Crippen LogP contribution in [0, 0.1) is 6.92 Å². The quantitative estimate of drug-likeness (QED) is 0.558. The lowest BCUT2D eigenvalue weighted by atomic mass is 10.1. The maximum absolute atomic E-state index is 12.0. The first-order chi connectivity index (χ1) is 13.5. The first-order valence-electron chi connectivity index (χ1n) is 9.54. The lowest BCUT2D eigenvalue weighted by Gasteiger charge is -2.10. The highest BCUT2D eigenvalue weighted by atomic mass is 16.2. The fourth-order valence-electron chi connectivity index (χ4n) is 3.23. The molecule has 9 heteroatoms. The van der Waals surface area contributed by atoms with Gasteiger partial charge in [-0.3, -0.25) is 4.79 Å². The third-order valence-corrected chi connectivity index (χ3v) is 4.67. The number of benzene rings is 1. The Morgan fingerprint density at radius 3 is 2.86 bits per heavy atom. The van der Waals surface area contributed by atoms with Gasteiger partial charge in [-0.25, -0.2) is 9.48 Å². The molecule has 3 amide bonds. The van der Waals surface area contributed by atoms with Gasteiger partial charge in [0.2, 0.25) is 5.91 Å². The number of hydrogen-bond donors (Lipinski definition) is 4. The summed E-state index contributed by atoms with van der Waals surface area (Å²) in [6.07, 6.45) is 2.48. The number of nitrogens with one attached hydrogen (secondary N) is 4. The highest BCUT2D eigenvalue weighted by Crippen LogP contribution is 2.19. The molecule has 4 N–H and O–H groups in total. The van der Waals surface area contributed by atoms with Crippen LogP contribution in [-0.4, -0.2) is 46.1 Å². The topological polar surface area (TPSA) is 113 Å². The molecule has 1 aromatic heterocycles. The van der Waals surface area contributed by atoms with Crippen LogP contribution in [0.1, 0.15) is 36.2 Å². The van der Waals surface area contributed by atoms with E-state index in [0.717, 1.165) is 11.1 Å². The maximum atomic E-state index is 12.0. The van der Waals surface area contributed by atoms with Crippen LogP contribution in [0.15, 0.2) is 30.5 Å². The van der Waals surface area contributed by atoms with Crippen molar-refractivity contribution >= 4 is 11.9 Å². The molecule has 0 bridgehead atoms. The van der Waals surface area contributed by atoms with Crippen molar-refractivity contribution in [3.63, 3.8) is 0 Å². The molecule has 0 saturated carbocycles. The molecule has 9 nitrogen and oxygen atoms in total. The Balaban J connectivity index is 1.43. The van der Waals surface area contributed by atoms with E-state index in [1.165, 1.54) is 0 Å². The molecule has 2 aromatic rings. The van der Waals surface area contributed by atoms with Gasteiger partial charge in [-0.15, -0.1) is 5.10 Å². The highest BCUT2D eigenvalue weighted by Gasteiger charge is 2.30. The number of urea groups is 1. The number of rotatable bonds is 7. The second-order valence-electron chi connectivity index (χ2n) is 6.96. The molecule has 1 aliphatic heterocycles. The van der Waals surface area contributed by atoms with Crippen molar-refractivity contribution in [3.8, 4) is 0 Å². The molecular formula is C19H27N7O2. The number of likely N-dealkylation sites (N-methyl/N-ethyl adjacent to an activating group) is 1. The van der Waals surface area contributed by atoms with Gasteiger partial charge in [-0.1, -0.05) is 35.0 Å². The monoisotopic (exact) mass is 385 g/mol. The molecule has 2 heterocycles. The summed E-state index contributed by atoms with van der Waals surface area (Å²) in [4.78, 5) is 23.9. The lowest BCUT2D eigenvalue weighted by molar-refractivity contribution is -0.122. The van der Waals surface area contributed by atoms with E-state index in [4.69, 9.17) is 0 Å². The fourth-order valence-corrected chi connectivity index (χ4v) is 3.23. The van der Waals surface area contributed by atoms with E-state index in [-0.39, 0.29) is 24.0 Å². The van der Waals surface area contributed by atoms with Gasteiger partial charge < -0.3 is 21.3 Å². The Labute approximate surface area is 164 Å². The summed E-state index contributed by atoms with van der Waals surface area (Å²) in [7, 11) is 0. The van der Waals surface area contributed by atoms with E-state index >= 15 is 0 Å². The van der Waals surface area contributed by atoms with Crippen molar-refractivity contribution < 1.29 is 9.59 Å². The molecule has 1 saturated heterocycles. The fraction of sp³-hybridized carbons (Fsp3) is 0.474. The largest absolute Gasteiger partial charge is 0.355 e. The Bertz CT molecular complexity index is 820. The molecule has 150 valence electrons. The van der Waals surface area contributed by atoms with Crippen molar-refractivity contribution in [2.45, 2.75) is 45.4 Å². The normalized spacial score (nSPS) is 18.6. The van der Waals surface area contributed by atoms with Gasteiger partial charge in [0, 0.05) is 19.6 Å². The second kappa shape index (κ2) is 9.32. The van der Waals surface area contributed by atoms with E-state index < -0.39 is 0 Å². The summed E-state index contributed by atoms with van der Waals surface area (Å²) in [5, 5.41) is 19.9. The van der Waals surface area contributed by atoms with E-state index in [1.807, 2.05) is 44.3 Å². The molecule has 0 aliphatic carbocycles. The molecule has 3 rings (SSSR count). The van der Waals surface area contributed by atoms with Gasteiger partial charge >= 0.3 is 6.03 Å². The lowest BCUT2D eigenvalue weighted by Crippen LogP contribution is -2.40. The van der Waals surface area contributed by atoms with Crippen molar-refractivity contribution in [3.05, 3.63) is 47.3 Å². The number of amides is 3. The van der Waals surface area contributed by atoms with E-state index in [9.17, 15) is 9.59 Å². The minimum Gasteiger partial charge on any atom is -0.355 e. The summed E-state index contributed by atoms with van der Waals surface area (Å²) in [5.74, 6) is 0.0114. The number of carbonyl (C=O) groups is 2. The SMILES string of the molecule is CCNC(=O)[C@@H]1C[C@@H](n2cc(CNC(=O)NCc3cccc(C)c3)nn2)CN1. The molecule has 0 spiro atoms. The second-order valence-corrected chi connectivity index (χ2v) is 6.96. The smallest absolute Gasteiger partial charge is 0.315 e. The molecule has 0 unspecified atom stereocenters. The van der Waals surface area contributed by atoms with Gasteiger partial charge in [0.25, 0.3) is 0 Å². The van der Waals surface area contributed by atoms with Crippen LogP contribution in [-0.2, 0) is 17.9 Å².